The Morgan fingerprint density at radius 1 is 1.10 bits per heavy atom. The number of esters is 1. The Labute approximate surface area is 181 Å². The van der Waals surface area contributed by atoms with E-state index in [9.17, 15) is 19.5 Å². The Hall–Kier alpha value is -3.19. The van der Waals surface area contributed by atoms with Crippen LogP contribution in [0.25, 0.3) is 0 Å². The van der Waals surface area contributed by atoms with Crippen LogP contribution in [-0.2, 0) is 19.1 Å². The van der Waals surface area contributed by atoms with Crippen LogP contribution in [0.1, 0.15) is 37.8 Å². The second-order valence-corrected chi connectivity index (χ2v) is 8.13. The van der Waals surface area contributed by atoms with Gasteiger partial charge in [-0.3, -0.25) is 19.7 Å². The SMILES string of the molecule is CCCC[C@]1(C(=O)OC)N[C@@H](c2ccc(O)cc2)[C@H]2C(=O)N(c3ccccc3)C(=O)[C@H]21. The molecule has 0 unspecified atom stereocenters. The zero-order valence-corrected chi connectivity index (χ0v) is 17.6. The molecule has 0 aromatic heterocycles. The van der Waals surface area contributed by atoms with Crippen LogP contribution in [0.3, 0.4) is 0 Å². The number of benzene rings is 2. The fraction of sp³-hybridized carbons (Fsp3) is 0.375. The minimum absolute atomic E-state index is 0.100. The minimum Gasteiger partial charge on any atom is -0.508 e. The predicted molar refractivity (Wildman–Crippen MR) is 114 cm³/mol. The Morgan fingerprint density at radius 3 is 2.39 bits per heavy atom. The number of unbranched alkanes of at least 4 members (excludes halogenated alkanes) is 1. The summed E-state index contributed by atoms with van der Waals surface area (Å²) in [6.45, 7) is 2.01. The highest BCUT2D eigenvalue weighted by atomic mass is 16.5. The molecular formula is C24H26N2O5. The molecule has 0 aliphatic carbocycles. The molecule has 0 saturated carbocycles. The number of carbonyl (C=O) groups is 3. The molecule has 2 aliphatic heterocycles. The van der Waals surface area contributed by atoms with Gasteiger partial charge < -0.3 is 9.84 Å². The highest BCUT2D eigenvalue weighted by Gasteiger charge is 2.68. The largest absolute Gasteiger partial charge is 0.508 e. The summed E-state index contributed by atoms with van der Waals surface area (Å²) in [6.07, 6.45) is 1.90. The summed E-state index contributed by atoms with van der Waals surface area (Å²) < 4.78 is 5.15. The minimum atomic E-state index is -1.30. The second-order valence-electron chi connectivity index (χ2n) is 8.13. The molecule has 2 fully saturated rings. The van der Waals surface area contributed by atoms with Crippen molar-refractivity contribution in [3.05, 3.63) is 60.2 Å². The van der Waals surface area contributed by atoms with Gasteiger partial charge >= 0.3 is 5.97 Å². The van der Waals surface area contributed by atoms with Crippen LogP contribution in [-0.4, -0.2) is 35.5 Å². The van der Waals surface area contributed by atoms with Gasteiger partial charge in [-0.05, 0) is 36.2 Å². The van der Waals surface area contributed by atoms with Crippen molar-refractivity contribution in [3.63, 3.8) is 0 Å². The first-order valence-corrected chi connectivity index (χ1v) is 10.5. The standard InChI is InChI=1S/C24H26N2O5/c1-3-4-14-24(23(30)31-2)19-18(20(25-24)15-10-12-17(27)13-11-15)21(28)26(22(19)29)16-8-6-5-7-9-16/h5-13,18-20,25,27H,3-4,14H2,1-2H3/t18-,19-,20-,24-/m0/s1. The van der Waals surface area contributed by atoms with Gasteiger partial charge in [0, 0.05) is 6.04 Å². The first-order valence-electron chi connectivity index (χ1n) is 10.5. The summed E-state index contributed by atoms with van der Waals surface area (Å²) in [5.74, 6) is -2.80. The van der Waals surface area contributed by atoms with Crippen molar-refractivity contribution in [2.75, 3.05) is 12.0 Å². The number of hydrogen-bond acceptors (Lipinski definition) is 6. The Balaban J connectivity index is 1.85. The number of amides is 2. The molecule has 7 heteroatoms. The van der Waals surface area contributed by atoms with Crippen LogP contribution in [0.15, 0.2) is 54.6 Å². The summed E-state index contributed by atoms with van der Waals surface area (Å²) in [7, 11) is 1.30. The molecule has 2 heterocycles. The average Bonchev–Trinajstić information content (AvgIpc) is 3.27. The number of hydrogen-bond donors (Lipinski definition) is 2. The number of rotatable bonds is 6. The first kappa shape index (κ1) is 21.1. The topological polar surface area (TPSA) is 95.9 Å². The maximum atomic E-state index is 13.6. The van der Waals surface area contributed by atoms with E-state index in [1.807, 2.05) is 13.0 Å². The highest BCUT2D eigenvalue weighted by molar-refractivity contribution is 6.24. The molecule has 0 spiro atoms. The molecule has 31 heavy (non-hydrogen) atoms. The van der Waals surface area contributed by atoms with Crippen molar-refractivity contribution < 1.29 is 24.2 Å². The second kappa shape index (κ2) is 8.15. The van der Waals surface area contributed by atoms with Crippen molar-refractivity contribution in [3.8, 4) is 5.75 Å². The fourth-order valence-electron chi connectivity index (χ4n) is 4.96. The molecule has 7 nitrogen and oxygen atoms in total. The molecule has 2 aromatic rings. The molecule has 162 valence electrons. The van der Waals surface area contributed by atoms with Gasteiger partial charge in [0.25, 0.3) is 0 Å². The summed E-state index contributed by atoms with van der Waals surface area (Å²) in [5, 5.41) is 13.0. The number of methoxy groups -OCH3 is 1. The van der Waals surface area contributed by atoms with Crippen molar-refractivity contribution in [1.82, 2.24) is 5.32 Å². The van der Waals surface area contributed by atoms with Crippen LogP contribution >= 0.6 is 0 Å². The number of para-hydroxylation sites is 1. The third-order valence-electron chi connectivity index (χ3n) is 6.40. The number of aromatic hydroxyl groups is 1. The zero-order valence-electron chi connectivity index (χ0n) is 17.6. The van der Waals surface area contributed by atoms with Crippen LogP contribution in [0.2, 0.25) is 0 Å². The van der Waals surface area contributed by atoms with Crippen molar-refractivity contribution in [2.45, 2.75) is 37.8 Å². The van der Waals surface area contributed by atoms with Gasteiger partial charge in [0.1, 0.15) is 11.3 Å². The van der Waals surface area contributed by atoms with Gasteiger partial charge in [-0.2, -0.15) is 0 Å². The first-order chi connectivity index (χ1) is 14.9. The van der Waals surface area contributed by atoms with E-state index in [0.29, 0.717) is 18.5 Å². The maximum absolute atomic E-state index is 13.6. The van der Waals surface area contributed by atoms with E-state index in [4.69, 9.17) is 4.74 Å². The molecule has 2 N–H and O–H groups in total. The van der Waals surface area contributed by atoms with Gasteiger partial charge in [-0.25, -0.2) is 4.90 Å². The number of phenolic OH excluding ortho intramolecular Hbond substituents is 1. The maximum Gasteiger partial charge on any atom is 0.326 e. The number of carbonyl (C=O) groups excluding carboxylic acids is 3. The van der Waals surface area contributed by atoms with Gasteiger partial charge in [-0.1, -0.05) is 50.1 Å². The smallest absolute Gasteiger partial charge is 0.326 e. The normalized spacial score (nSPS) is 27.4. The number of anilines is 1. The molecule has 2 aliphatic rings. The van der Waals surface area contributed by atoms with E-state index in [1.165, 1.54) is 24.1 Å². The molecule has 0 bridgehead atoms. The summed E-state index contributed by atoms with van der Waals surface area (Å²) in [5.41, 5.74) is -0.0782. The Morgan fingerprint density at radius 2 is 1.77 bits per heavy atom. The third-order valence-corrected chi connectivity index (χ3v) is 6.40. The van der Waals surface area contributed by atoms with E-state index in [0.717, 1.165) is 12.0 Å². The van der Waals surface area contributed by atoms with E-state index in [1.54, 1.807) is 36.4 Å². The van der Waals surface area contributed by atoms with Crippen LogP contribution in [0.4, 0.5) is 5.69 Å². The molecule has 4 atom stereocenters. The van der Waals surface area contributed by atoms with Crippen molar-refractivity contribution >= 4 is 23.5 Å². The Kier molecular flexibility index (Phi) is 5.54. The lowest BCUT2D eigenvalue weighted by Crippen LogP contribution is -2.56. The Bertz CT molecular complexity index is 991. The summed E-state index contributed by atoms with van der Waals surface area (Å²) in [4.78, 5) is 41.5. The van der Waals surface area contributed by atoms with Gasteiger partial charge in [0.05, 0.1) is 24.6 Å². The fourth-order valence-corrected chi connectivity index (χ4v) is 4.96. The predicted octanol–water partition coefficient (Wildman–Crippen LogP) is 2.94. The van der Waals surface area contributed by atoms with E-state index < -0.39 is 35.3 Å². The molecule has 2 aromatic carbocycles. The number of ether oxygens (including phenoxy) is 1. The van der Waals surface area contributed by atoms with Gasteiger partial charge in [0.2, 0.25) is 11.8 Å². The number of imide groups is 1. The summed E-state index contributed by atoms with van der Waals surface area (Å²) in [6, 6.07) is 14.7. The van der Waals surface area contributed by atoms with Gasteiger partial charge in [-0.15, -0.1) is 0 Å². The van der Waals surface area contributed by atoms with Crippen molar-refractivity contribution in [1.29, 1.82) is 0 Å². The molecule has 2 saturated heterocycles. The monoisotopic (exact) mass is 422 g/mol. The number of fused-ring (bicyclic) bond motifs is 1. The number of nitrogens with one attached hydrogen (secondary N) is 1. The lowest BCUT2D eigenvalue weighted by molar-refractivity contribution is -0.152. The lowest BCUT2D eigenvalue weighted by atomic mass is 9.76. The average molecular weight is 422 g/mol. The quantitative estimate of drug-likeness (QED) is 0.549. The highest BCUT2D eigenvalue weighted by Crippen LogP contribution is 2.51. The number of nitrogens with zero attached hydrogens (tertiary/aromatic N) is 1. The number of phenols is 1. The van der Waals surface area contributed by atoms with Crippen molar-refractivity contribution in [2.24, 2.45) is 11.8 Å². The molecule has 4 rings (SSSR count). The lowest BCUT2D eigenvalue weighted by Gasteiger charge is -2.32. The van der Waals surface area contributed by atoms with E-state index in [2.05, 4.69) is 5.32 Å². The molecular weight excluding hydrogens is 396 g/mol. The van der Waals surface area contributed by atoms with Crippen LogP contribution in [0, 0.1) is 11.8 Å². The van der Waals surface area contributed by atoms with Crippen LogP contribution < -0.4 is 10.2 Å². The zero-order chi connectivity index (χ0) is 22.2. The molecule has 2 amide bonds. The summed E-state index contributed by atoms with van der Waals surface area (Å²) >= 11 is 0. The third kappa shape index (κ3) is 3.29. The van der Waals surface area contributed by atoms with Crippen LogP contribution in [0.5, 0.6) is 5.75 Å². The van der Waals surface area contributed by atoms with E-state index in [-0.39, 0.29) is 11.7 Å². The van der Waals surface area contributed by atoms with E-state index >= 15 is 0 Å². The molecule has 0 radical (unpaired) electrons. The van der Waals surface area contributed by atoms with Gasteiger partial charge in [0.15, 0.2) is 0 Å².